The van der Waals surface area contributed by atoms with Crippen LogP contribution in [0.4, 0.5) is 0 Å². The second kappa shape index (κ2) is 6.32. The first-order valence-corrected chi connectivity index (χ1v) is 10.5. The number of aliphatic hydroxyl groups is 3. The summed E-state index contributed by atoms with van der Waals surface area (Å²) in [4.78, 5) is 11.4. The van der Waals surface area contributed by atoms with Crippen LogP contribution in [0.3, 0.4) is 0 Å². The van der Waals surface area contributed by atoms with Gasteiger partial charge >= 0.3 is 5.97 Å². The number of fused-ring (bicyclic) bond motifs is 5. The minimum Gasteiger partial charge on any atom is -0.459 e. The first kappa shape index (κ1) is 19.9. The molecule has 28 heavy (non-hydrogen) atoms. The summed E-state index contributed by atoms with van der Waals surface area (Å²) >= 11 is 0. The lowest BCUT2D eigenvalue weighted by Gasteiger charge is -2.58. The number of hydrogen-bond donors (Lipinski definition) is 3. The van der Waals surface area contributed by atoms with Gasteiger partial charge in [-0.25, -0.2) is 0 Å². The smallest absolute Gasteiger partial charge is 0.303 e. The van der Waals surface area contributed by atoms with Crippen molar-refractivity contribution in [3.8, 4) is 12.3 Å². The number of ether oxygens (including phenoxy) is 1. The van der Waals surface area contributed by atoms with Gasteiger partial charge in [0.2, 0.25) is 0 Å². The van der Waals surface area contributed by atoms with Crippen LogP contribution in [-0.4, -0.2) is 45.2 Å². The lowest BCUT2D eigenvalue weighted by atomic mass is 9.46. The third kappa shape index (κ3) is 2.47. The summed E-state index contributed by atoms with van der Waals surface area (Å²) in [5, 5.41) is 32.4. The van der Waals surface area contributed by atoms with Crippen molar-refractivity contribution in [1.82, 2.24) is 0 Å². The van der Waals surface area contributed by atoms with E-state index in [0.717, 1.165) is 19.3 Å². The molecule has 5 nitrogen and oxygen atoms in total. The lowest BCUT2D eigenvalue weighted by molar-refractivity contribution is -0.159. The second-order valence-corrected chi connectivity index (χ2v) is 10.0. The highest BCUT2D eigenvalue weighted by atomic mass is 16.6. The first-order valence-electron chi connectivity index (χ1n) is 10.5. The van der Waals surface area contributed by atoms with E-state index in [-0.39, 0.29) is 17.3 Å². The van der Waals surface area contributed by atoms with Crippen molar-refractivity contribution in [1.29, 1.82) is 0 Å². The van der Waals surface area contributed by atoms with Gasteiger partial charge in [-0.15, -0.1) is 6.42 Å². The maximum absolute atomic E-state index is 11.4. The molecule has 0 saturated heterocycles. The van der Waals surface area contributed by atoms with E-state index < -0.39 is 29.3 Å². The van der Waals surface area contributed by atoms with Crippen molar-refractivity contribution in [3.63, 3.8) is 0 Å². The molecule has 0 amide bonds. The number of rotatable bonds is 1. The van der Waals surface area contributed by atoms with E-state index in [9.17, 15) is 20.1 Å². The predicted octanol–water partition coefficient (Wildman–Crippen LogP) is 2.19. The van der Waals surface area contributed by atoms with Gasteiger partial charge in [-0.1, -0.05) is 31.4 Å². The van der Waals surface area contributed by atoms with Gasteiger partial charge in [-0.3, -0.25) is 4.79 Å². The fraction of sp³-hybridized carbons (Fsp3) is 0.783. The summed E-state index contributed by atoms with van der Waals surface area (Å²) in [7, 11) is 0. The maximum Gasteiger partial charge on any atom is 0.303 e. The van der Waals surface area contributed by atoms with Crippen molar-refractivity contribution in [2.24, 2.45) is 28.6 Å². The Kier molecular flexibility index (Phi) is 4.50. The minimum atomic E-state index is -1.47. The SMILES string of the molecule is C#C[C@]1(O)[C@H](O)C[C@H]2[C@@H]3CC=C4C[C@H](OC(C)=O)[C@H](O)C[C@]4(C)[C@H]3CC[C@@]21C. The van der Waals surface area contributed by atoms with Gasteiger partial charge in [-0.2, -0.15) is 0 Å². The van der Waals surface area contributed by atoms with Gasteiger partial charge in [0.15, 0.2) is 5.60 Å². The van der Waals surface area contributed by atoms with Crippen LogP contribution in [0.15, 0.2) is 11.6 Å². The molecule has 4 rings (SSSR count). The van der Waals surface area contributed by atoms with E-state index in [1.54, 1.807) is 0 Å². The van der Waals surface area contributed by atoms with Gasteiger partial charge in [0.1, 0.15) is 6.10 Å². The lowest BCUT2D eigenvalue weighted by Crippen LogP contribution is -2.57. The van der Waals surface area contributed by atoms with Gasteiger partial charge < -0.3 is 20.1 Å². The van der Waals surface area contributed by atoms with Gasteiger partial charge in [0.05, 0.1) is 12.2 Å². The molecule has 0 unspecified atom stereocenters. The van der Waals surface area contributed by atoms with Crippen molar-refractivity contribution >= 4 is 5.97 Å². The average Bonchev–Trinajstić information content (AvgIpc) is 2.83. The van der Waals surface area contributed by atoms with Crippen LogP contribution in [0.25, 0.3) is 0 Å². The molecule has 0 spiro atoms. The Bertz CT molecular complexity index is 753. The van der Waals surface area contributed by atoms with E-state index in [2.05, 4.69) is 18.9 Å². The maximum atomic E-state index is 11.4. The van der Waals surface area contributed by atoms with Crippen LogP contribution in [0.2, 0.25) is 0 Å². The highest BCUT2D eigenvalue weighted by molar-refractivity contribution is 5.66. The molecule has 5 heteroatoms. The summed E-state index contributed by atoms with van der Waals surface area (Å²) < 4.78 is 5.36. The zero-order chi connectivity index (χ0) is 20.5. The van der Waals surface area contributed by atoms with Gasteiger partial charge in [0, 0.05) is 18.8 Å². The quantitative estimate of drug-likeness (QED) is 0.364. The molecule has 9 atom stereocenters. The normalized spacial score (nSPS) is 52.5. The number of allylic oxidation sites excluding steroid dienone is 1. The number of terminal acetylenes is 1. The molecular formula is C23H32O5. The summed E-state index contributed by atoms with van der Waals surface area (Å²) in [5.74, 6) is 3.01. The molecule has 0 heterocycles. The Hall–Kier alpha value is -1.35. The number of aliphatic hydroxyl groups excluding tert-OH is 2. The fourth-order valence-electron chi connectivity index (χ4n) is 7.29. The van der Waals surface area contributed by atoms with Crippen LogP contribution < -0.4 is 0 Å². The molecule has 0 aromatic rings. The second-order valence-electron chi connectivity index (χ2n) is 10.0. The molecule has 3 fully saturated rings. The Labute approximate surface area is 167 Å². The van der Waals surface area contributed by atoms with Crippen molar-refractivity contribution < 1.29 is 24.9 Å². The van der Waals surface area contributed by atoms with Crippen LogP contribution in [0.1, 0.15) is 59.3 Å². The zero-order valence-electron chi connectivity index (χ0n) is 17.0. The molecular weight excluding hydrogens is 356 g/mol. The number of carbonyl (C=O) groups is 1. The van der Waals surface area contributed by atoms with E-state index in [0.29, 0.717) is 31.1 Å². The fourth-order valence-corrected chi connectivity index (χ4v) is 7.29. The predicted molar refractivity (Wildman–Crippen MR) is 104 cm³/mol. The molecule has 0 bridgehead atoms. The highest BCUT2D eigenvalue weighted by Crippen LogP contribution is 2.67. The molecule has 3 saturated carbocycles. The van der Waals surface area contributed by atoms with E-state index in [1.165, 1.54) is 12.5 Å². The monoisotopic (exact) mass is 388 g/mol. The van der Waals surface area contributed by atoms with E-state index in [4.69, 9.17) is 11.2 Å². The third-order valence-electron chi connectivity index (χ3n) is 8.87. The van der Waals surface area contributed by atoms with Crippen LogP contribution in [-0.2, 0) is 9.53 Å². The summed E-state index contributed by atoms with van der Waals surface area (Å²) in [6, 6.07) is 0. The van der Waals surface area contributed by atoms with Crippen molar-refractivity contribution in [3.05, 3.63) is 11.6 Å². The largest absolute Gasteiger partial charge is 0.459 e. The molecule has 3 N–H and O–H groups in total. The first-order chi connectivity index (χ1) is 13.1. The Balaban J connectivity index is 1.66. The average molecular weight is 389 g/mol. The van der Waals surface area contributed by atoms with Crippen molar-refractivity contribution in [2.45, 2.75) is 83.2 Å². The van der Waals surface area contributed by atoms with Crippen LogP contribution >= 0.6 is 0 Å². The molecule has 0 radical (unpaired) electrons. The van der Waals surface area contributed by atoms with Crippen LogP contribution in [0, 0.1) is 40.9 Å². The number of carbonyl (C=O) groups excluding carboxylic acids is 1. The van der Waals surface area contributed by atoms with Crippen LogP contribution in [0.5, 0.6) is 0 Å². The summed E-state index contributed by atoms with van der Waals surface area (Å²) in [6.07, 6.45) is 10.1. The number of esters is 1. The van der Waals surface area contributed by atoms with Gasteiger partial charge in [0.25, 0.3) is 0 Å². The third-order valence-corrected chi connectivity index (χ3v) is 8.87. The molecule has 4 aliphatic carbocycles. The van der Waals surface area contributed by atoms with Crippen molar-refractivity contribution in [2.75, 3.05) is 0 Å². The van der Waals surface area contributed by atoms with E-state index in [1.807, 2.05) is 6.92 Å². The van der Waals surface area contributed by atoms with Gasteiger partial charge in [-0.05, 0) is 55.3 Å². The summed E-state index contributed by atoms with van der Waals surface area (Å²) in [6.45, 7) is 5.65. The molecule has 0 aliphatic heterocycles. The molecule has 0 aromatic carbocycles. The van der Waals surface area contributed by atoms with E-state index >= 15 is 0 Å². The summed E-state index contributed by atoms with van der Waals surface area (Å²) in [5.41, 5.74) is -0.834. The highest BCUT2D eigenvalue weighted by Gasteiger charge is 2.67. The standard InChI is InChI=1S/C23H32O5/c1-5-23(27)20(26)11-17-15-7-6-14-10-19(28-13(2)24)18(25)12-21(14,3)16(15)8-9-22(17,23)4/h1,6,15-20,25-27H,7-12H2,2-4H3/t15-,16+,17+,18-,19+,20-,21+,22+,23+/m1/s1. The minimum absolute atomic E-state index is 0.151. The molecule has 4 aliphatic rings. The topological polar surface area (TPSA) is 87.0 Å². The molecule has 154 valence electrons. The molecule has 0 aromatic heterocycles. The number of hydrogen-bond acceptors (Lipinski definition) is 5. The Morgan fingerprint density at radius 3 is 2.68 bits per heavy atom. The zero-order valence-corrected chi connectivity index (χ0v) is 17.0. The Morgan fingerprint density at radius 2 is 2.04 bits per heavy atom. The Morgan fingerprint density at radius 1 is 1.32 bits per heavy atom.